The van der Waals surface area contributed by atoms with Crippen LogP contribution < -0.4 is 16.4 Å². The summed E-state index contributed by atoms with van der Waals surface area (Å²) in [7, 11) is 0. The molecule has 0 aromatic heterocycles. The number of rotatable bonds is 4. The standard InChI is InChI=1S/C14H18N4O3/c1-14(2)12(20)18(13(21)17-14)8-11(19)16-10-6-4-3-5-9(10)7-15/h3-6H,7-8,15H2,1-2H3,(H,16,19)(H,17,21). The van der Waals surface area contributed by atoms with Crippen LogP contribution in [0.15, 0.2) is 24.3 Å². The predicted octanol–water partition coefficient (Wildman–Crippen LogP) is 0.414. The third kappa shape index (κ3) is 3.03. The zero-order chi connectivity index (χ0) is 15.6. The molecule has 112 valence electrons. The molecule has 1 aliphatic heterocycles. The van der Waals surface area contributed by atoms with Gasteiger partial charge in [0.2, 0.25) is 5.91 Å². The van der Waals surface area contributed by atoms with Crippen molar-refractivity contribution in [3.8, 4) is 0 Å². The third-order valence-corrected chi connectivity index (χ3v) is 3.26. The average molecular weight is 290 g/mol. The summed E-state index contributed by atoms with van der Waals surface area (Å²) in [5.41, 5.74) is 5.97. The lowest BCUT2D eigenvalue weighted by molar-refractivity contribution is -0.132. The molecule has 1 aromatic rings. The number of anilines is 1. The summed E-state index contributed by atoms with van der Waals surface area (Å²) in [6.45, 7) is 3.14. The van der Waals surface area contributed by atoms with Gasteiger partial charge in [-0.25, -0.2) is 4.79 Å². The van der Waals surface area contributed by atoms with E-state index < -0.39 is 23.4 Å². The molecule has 1 saturated heterocycles. The van der Waals surface area contributed by atoms with E-state index in [4.69, 9.17) is 5.73 Å². The number of benzene rings is 1. The van der Waals surface area contributed by atoms with Crippen LogP contribution in [-0.4, -0.2) is 34.8 Å². The third-order valence-electron chi connectivity index (χ3n) is 3.26. The highest BCUT2D eigenvalue weighted by molar-refractivity contribution is 6.09. The van der Waals surface area contributed by atoms with E-state index in [0.717, 1.165) is 10.5 Å². The molecule has 0 unspecified atom stereocenters. The number of imide groups is 1. The Morgan fingerprint density at radius 2 is 2.00 bits per heavy atom. The first-order valence-corrected chi connectivity index (χ1v) is 6.57. The highest BCUT2D eigenvalue weighted by Gasteiger charge is 2.44. The number of carbonyl (C=O) groups excluding carboxylic acids is 3. The van der Waals surface area contributed by atoms with Crippen LogP contribution in [0.25, 0.3) is 0 Å². The molecule has 1 aliphatic rings. The van der Waals surface area contributed by atoms with Gasteiger partial charge in [0.05, 0.1) is 0 Å². The second-order valence-corrected chi connectivity index (χ2v) is 5.36. The number of nitrogens with two attached hydrogens (primary N) is 1. The van der Waals surface area contributed by atoms with Gasteiger partial charge in [0.15, 0.2) is 0 Å². The van der Waals surface area contributed by atoms with Crippen LogP contribution >= 0.6 is 0 Å². The Morgan fingerprint density at radius 1 is 1.33 bits per heavy atom. The molecule has 0 spiro atoms. The van der Waals surface area contributed by atoms with Crippen molar-refractivity contribution in [3.05, 3.63) is 29.8 Å². The molecule has 1 fully saturated rings. The Morgan fingerprint density at radius 3 is 2.57 bits per heavy atom. The fraction of sp³-hybridized carbons (Fsp3) is 0.357. The van der Waals surface area contributed by atoms with E-state index in [0.29, 0.717) is 5.69 Å². The zero-order valence-electron chi connectivity index (χ0n) is 12.0. The van der Waals surface area contributed by atoms with Gasteiger partial charge in [-0.15, -0.1) is 0 Å². The van der Waals surface area contributed by atoms with E-state index in [2.05, 4.69) is 10.6 Å². The Kier molecular flexibility index (Phi) is 3.95. The van der Waals surface area contributed by atoms with Crippen molar-refractivity contribution >= 4 is 23.5 Å². The second kappa shape index (κ2) is 5.53. The summed E-state index contributed by atoms with van der Waals surface area (Å²) in [6.07, 6.45) is 0. The van der Waals surface area contributed by atoms with E-state index in [1.165, 1.54) is 0 Å². The first-order chi connectivity index (χ1) is 9.85. The van der Waals surface area contributed by atoms with E-state index >= 15 is 0 Å². The van der Waals surface area contributed by atoms with Crippen LogP contribution in [0, 0.1) is 0 Å². The SMILES string of the molecule is CC1(C)NC(=O)N(CC(=O)Nc2ccccc2CN)C1=O. The van der Waals surface area contributed by atoms with Crippen LogP contribution in [0.3, 0.4) is 0 Å². The van der Waals surface area contributed by atoms with Crippen molar-refractivity contribution in [3.63, 3.8) is 0 Å². The molecular formula is C14H18N4O3. The Labute approximate surface area is 122 Å². The second-order valence-electron chi connectivity index (χ2n) is 5.36. The summed E-state index contributed by atoms with van der Waals surface area (Å²) in [6, 6.07) is 6.54. The molecule has 21 heavy (non-hydrogen) atoms. The lowest BCUT2D eigenvalue weighted by Gasteiger charge is -2.16. The smallest absolute Gasteiger partial charge is 0.325 e. The Bertz CT molecular complexity index is 598. The maximum atomic E-state index is 12.0. The molecule has 0 aliphatic carbocycles. The van der Waals surface area contributed by atoms with Gasteiger partial charge in [-0.1, -0.05) is 18.2 Å². The lowest BCUT2D eigenvalue weighted by atomic mass is 10.1. The fourth-order valence-corrected chi connectivity index (χ4v) is 2.12. The number of carbonyl (C=O) groups is 3. The van der Waals surface area contributed by atoms with Gasteiger partial charge < -0.3 is 16.4 Å². The van der Waals surface area contributed by atoms with E-state index in [1.54, 1.807) is 32.0 Å². The number of urea groups is 1. The topological polar surface area (TPSA) is 105 Å². The van der Waals surface area contributed by atoms with Gasteiger partial charge in [0.25, 0.3) is 5.91 Å². The zero-order valence-corrected chi connectivity index (χ0v) is 12.0. The van der Waals surface area contributed by atoms with Gasteiger partial charge >= 0.3 is 6.03 Å². The highest BCUT2D eigenvalue weighted by Crippen LogP contribution is 2.17. The molecule has 4 amide bonds. The maximum Gasteiger partial charge on any atom is 0.325 e. The first-order valence-electron chi connectivity index (χ1n) is 6.57. The number of nitrogens with one attached hydrogen (secondary N) is 2. The maximum absolute atomic E-state index is 12.0. The van der Waals surface area contributed by atoms with Crippen molar-refractivity contribution < 1.29 is 14.4 Å². The molecular weight excluding hydrogens is 272 g/mol. The lowest BCUT2D eigenvalue weighted by Crippen LogP contribution is -2.41. The Balaban J connectivity index is 2.06. The number of para-hydroxylation sites is 1. The monoisotopic (exact) mass is 290 g/mol. The van der Waals surface area contributed by atoms with E-state index in [-0.39, 0.29) is 13.1 Å². The average Bonchev–Trinajstić information content (AvgIpc) is 2.61. The van der Waals surface area contributed by atoms with Gasteiger partial charge in [-0.3, -0.25) is 14.5 Å². The number of hydrogen-bond acceptors (Lipinski definition) is 4. The van der Waals surface area contributed by atoms with Gasteiger partial charge in [0, 0.05) is 12.2 Å². The van der Waals surface area contributed by atoms with Crippen molar-refractivity contribution in [1.29, 1.82) is 0 Å². The molecule has 0 atom stereocenters. The molecule has 7 nitrogen and oxygen atoms in total. The summed E-state index contributed by atoms with van der Waals surface area (Å²) in [5.74, 6) is -0.869. The van der Waals surface area contributed by atoms with E-state index in [9.17, 15) is 14.4 Å². The molecule has 0 radical (unpaired) electrons. The summed E-state index contributed by atoms with van der Waals surface area (Å²) in [4.78, 5) is 36.6. The van der Waals surface area contributed by atoms with Gasteiger partial charge in [-0.2, -0.15) is 0 Å². The fourth-order valence-electron chi connectivity index (χ4n) is 2.12. The minimum atomic E-state index is -0.980. The Hall–Kier alpha value is -2.41. The van der Waals surface area contributed by atoms with Crippen molar-refractivity contribution in [1.82, 2.24) is 10.2 Å². The van der Waals surface area contributed by atoms with Crippen molar-refractivity contribution in [2.75, 3.05) is 11.9 Å². The van der Waals surface area contributed by atoms with Crippen LogP contribution in [-0.2, 0) is 16.1 Å². The molecule has 2 rings (SSSR count). The van der Waals surface area contributed by atoms with Crippen molar-refractivity contribution in [2.45, 2.75) is 25.9 Å². The number of hydrogen-bond donors (Lipinski definition) is 3. The summed E-state index contributed by atoms with van der Waals surface area (Å²) in [5, 5.41) is 5.19. The number of amides is 4. The quantitative estimate of drug-likeness (QED) is 0.699. The van der Waals surface area contributed by atoms with Crippen LogP contribution in [0.1, 0.15) is 19.4 Å². The highest BCUT2D eigenvalue weighted by atomic mass is 16.2. The van der Waals surface area contributed by atoms with Crippen LogP contribution in [0.2, 0.25) is 0 Å². The molecule has 1 aromatic carbocycles. The van der Waals surface area contributed by atoms with E-state index in [1.807, 2.05) is 6.07 Å². The molecule has 0 saturated carbocycles. The summed E-state index contributed by atoms with van der Waals surface area (Å²) >= 11 is 0. The van der Waals surface area contributed by atoms with Crippen LogP contribution in [0.5, 0.6) is 0 Å². The molecule has 0 bridgehead atoms. The predicted molar refractivity (Wildman–Crippen MR) is 77.3 cm³/mol. The summed E-state index contributed by atoms with van der Waals surface area (Å²) < 4.78 is 0. The molecule has 4 N–H and O–H groups in total. The minimum absolute atomic E-state index is 0.284. The minimum Gasteiger partial charge on any atom is -0.326 e. The van der Waals surface area contributed by atoms with Crippen molar-refractivity contribution in [2.24, 2.45) is 5.73 Å². The number of nitrogens with zero attached hydrogens (tertiary/aromatic N) is 1. The largest absolute Gasteiger partial charge is 0.326 e. The van der Waals surface area contributed by atoms with Gasteiger partial charge in [-0.05, 0) is 25.5 Å². The van der Waals surface area contributed by atoms with Crippen LogP contribution in [0.4, 0.5) is 10.5 Å². The normalized spacial score (nSPS) is 16.8. The molecule has 7 heteroatoms. The first kappa shape index (κ1) is 15.0. The van der Waals surface area contributed by atoms with Gasteiger partial charge in [0.1, 0.15) is 12.1 Å². The molecule has 1 heterocycles.